The lowest BCUT2D eigenvalue weighted by Gasteiger charge is -1.97. The normalized spacial score (nSPS) is 12.2. The molecule has 2 heteroatoms. The van der Waals surface area contributed by atoms with Gasteiger partial charge in [-0.2, -0.15) is 0 Å². The molecule has 0 unspecified atom stereocenters. The minimum atomic E-state index is 0.321. The van der Waals surface area contributed by atoms with Gasteiger partial charge in [-0.25, -0.2) is 0 Å². The van der Waals surface area contributed by atoms with E-state index < -0.39 is 0 Å². The third-order valence-corrected chi connectivity index (χ3v) is 0.953. The Morgan fingerprint density at radius 2 is 2.22 bits per heavy atom. The molecule has 0 spiro atoms. The minimum Gasteiger partial charge on any atom is -0.307 e. The molecule has 0 aliphatic carbocycles. The molecular formula is C7H14N2. The molecule has 0 atom stereocenters. The van der Waals surface area contributed by atoms with Crippen molar-refractivity contribution in [1.29, 1.82) is 5.41 Å². The van der Waals surface area contributed by atoms with Gasteiger partial charge in [0.25, 0.3) is 0 Å². The van der Waals surface area contributed by atoms with Crippen LogP contribution in [0.15, 0.2) is 4.99 Å². The summed E-state index contributed by atoms with van der Waals surface area (Å²) >= 11 is 0. The summed E-state index contributed by atoms with van der Waals surface area (Å²) in [4.78, 5) is 4.19. The number of hydrogen-bond acceptors (Lipinski definition) is 2. The summed E-state index contributed by atoms with van der Waals surface area (Å²) in [5.74, 6) is 0. The average Bonchev–Trinajstić information content (AvgIpc) is 1.82. The maximum Gasteiger partial charge on any atom is 0.0524 e. The molecule has 2 nitrogen and oxygen atoms in total. The van der Waals surface area contributed by atoms with Crippen LogP contribution in [-0.4, -0.2) is 18.0 Å². The first-order chi connectivity index (χ1) is 4.20. The Labute approximate surface area is 56.5 Å². The highest BCUT2D eigenvalue weighted by Gasteiger charge is 1.90. The van der Waals surface area contributed by atoms with Crippen LogP contribution in [0.1, 0.15) is 27.2 Å². The van der Waals surface area contributed by atoms with Gasteiger partial charge in [-0.05, 0) is 20.3 Å². The highest BCUT2D eigenvalue weighted by atomic mass is 14.8. The van der Waals surface area contributed by atoms with Crippen LogP contribution in [0.2, 0.25) is 0 Å². The van der Waals surface area contributed by atoms with Gasteiger partial charge in [-0.15, -0.1) is 0 Å². The van der Waals surface area contributed by atoms with Crippen molar-refractivity contribution in [3.8, 4) is 0 Å². The van der Waals surface area contributed by atoms with Crippen molar-refractivity contribution in [2.75, 3.05) is 0 Å². The lowest BCUT2D eigenvalue weighted by molar-refractivity contribution is 0.834. The van der Waals surface area contributed by atoms with Gasteiger partial charge in [0.2, 0.25) is 0 Å². The Hall–Kier alpha value is -0.660. The molecule has 0 saturated carbocycles. The summed E-state index contributed by atoms with van der Waals surface area (Å²) in [5, 5.41) is 6.90. The molecular weight excluding hydrogens is 112 g/mol. The van der Waals surface area contributed by atoms with Crippen molar-refractivity contribution < 1.29 is 0 Å². The first-order valence-corrected chi connectivity index (χ1v) is 3.27. The highest BCUT2D eigenvalue weighted by Crippen LogP contribution is 1.89. The second-order valence-corrected chi connectivity index (χ2v) is 2.21. The summed E-state index contributed by atoms with van der Waals surface area (Å²) < 4.78 is 0. The Bertz CT molecular complexity index is 114. The maximum atomic E-state index is 6.90. The number of hydrogen-bond donors (Lipinski definition) is 1. The van der Waals surface area contributed by atoms with Gasteiger partial charge in [0.1, 0.15) is 0 Å². The number of nitrogens with one attached hydrogen (secondary N) is 1. The molecule has 1 N–H and O–H groups in total. The van der Waals surface area contributed by atoms with Crippen molar-refractivity contribution >= 4 is 11.9 Å². The van der Waals surface area contributed by atoms with Gasteiger partial charge < -0.3 is 5.41 Å². The van der Waals surface area contributed by atoms with E-state index in [9.17, 15) is 0 Å². The molecule has 0 bridgehead atoms. The summed E-state index contributed by atoms with van der Waals surface area (Å²) in [6, 6.07) is 0.321. The van der Waals surface area contributed by atoms with Gasteiger partial charge in [0.15, 0.2) is 0 Å². The van der Waals surface area contributed by atoms with E-state index >= 15 is 0 Å². The Morgan fingerprint density at radius 1 is 1.67 bits per heavy atom. The van der Waals surface area contributed by atoms with E-state index in [0.717, 1.165) is 12.1 Å². The van der Waals surface area contributed by atoms with Crippen LogP contribution in [0.5, 0.6) is 0 Å². The van der Waals surface area contributed by atoms with Crippen LogP contribution in [0.4, 0.5) is 0 Å². The van der Waals surface area contributed by atoms with Crippen molar-refractivity contribution in [3.05, 3.63) is 0 Å². The Balaban J connectivity index is 3.90. The molecule has 9 heavy (non-hydrogen) atoms. The molecule has 0 aromatic rings. The van der Waals surface area contributed by atoms with Gasteiger partial charge in [-0.3, -0.25) is 4.99 Å². The second kappa shape index (κ2) is 4.24. The number of aliphatic imine (C=N–C) groups is 1. The third kappa shape index (κ3) is 3.88. The lowest BCUT2D eigenvalue weighted by atomic mass is 10.3. The van der Waals surface area contributed by atoms with Crippen molar-refractivity contribution in [3.63, 3.8) is 0 Å². The van der Waals surface area contributed by atoms with E-state index in [1.165, 1.54) is 6.21 Å². The summed E-state index contributed by atoms with van der Waals surface area (Å²) in [6.45, 7) is 6.03. The summed E-state index contributed by atoms with van der Waals surface area (Å²) in [5.41, 5.74) is 0.880. The zero-order chi connectivity index (χ0) is 7.28. The second-order valence-electron chi connectivity index (χ2n) is 2.21. The fourth-order valence-corrected chi connectivity index (χ4v) is 0.562. The zero-order valence-electron chi connectivity index (χ0n) is 6.31. The summed E-state index contributed by atoms with van der Waals surface area (Å²) in [7, 11) is 0. The van der Waals surface area contributed by atoms with E-state index in [-0.39, 0.29) is 0 Å². The highest BCUT2D eigenvalue weighted by molar-refractivity contribution is 6.29. The first kappa shape index (κ1) is 8.34. The molecule has 0 amide bonds. The van der Waals surface area contributed by atoms with E-state index in [1.54, 1.807) is 0 Å². The molecule has 0 aromatic carbocycles. The lowest BCUT2D eigenvalue weighted by Crippen LogP contribution is -2.01. The average molecular weight is 126 g/mol. The van der Waals surface area contributed by atoms with Gasteiger partial charge >= 0.3 is 0 Å². The third-order valence-electron chi connectivity index (χ3n) is 0.953. The van der Waals surface area contributed by atoms with E-state index in [1.807, 2.05) is 20.8 Å². The molecule has 0 aliphatic rings. The summed E-state index contributed by atoms with van der Waals surface area (Å²) in [6.07, 6.45) is 2.18. The van der Waals surface area contributed by atoms with Crippen LogP contribution in [-0.2, 0) is 0 Å². The Kier molecular flexibility index (Phi) is 3.93. The molecule has 0 saturated heterocycles. The first-order valence-electron chi connectivity index (χ1n) is 3.27. The SMILES string of the molecule is CCC(C=N)=NC(C)C. The molecule has 0 radical (unpaired) electrons. The van der Waals surface area contributed by atoms with Crippen LogP contribution < -0.4 is 0 Å². The molecule has 52 valence electrons. The van der Waals surface area contributed by atoms with Crippen LogP contribution in [0.3, 0.4) is 0 Å². The zero-order valence-corrected chi connectivity index (χ0v) is 6.31. The topological polar surface area (TPSA) is 36.2 Å². The van der Waals surface area contributed by atoms with Crippen molar-refractivity contribution in [2.45, 2.75) is 33.2 Å². The van der Waals surface area contributed by atoms with Crippen LogP contribution in [0, 0.1) is 5.41 Å². The smallest absolute Gasteiger partial charge is 0.0524 e. The maximum absolute atomic E-state index is 6.90. The minimum absolute atomic E-state index is 0.321. The molecule has 0 aromatic heterocycles. The predicted molar refractivity (Wildman–Crippen MR) is 41.6 cm³/mol. The van der Waals surface area contributed by atoms with Crippen molar-refractivity contribution in [1.82, 2.24) is 0 Å². The fourth-order valence-electron chi connectivity index (χ4n) is 0.562. The Morgan fingerprint density at radius 3 is 2.33 bits per heavy atom. The van der Waals surface area contributed by atoms with Gasteiger partial charge in [-0.1, -0.05) is 6.92 Å². The van der Waals surface area contributed by atoms with Crippen LogP contribution >= 0.6 is 0 Å². The molecule has 0 heterocycles. The van der Waals surface area contributed by atoms with Gasteiger partial charge in [0, 0.05) is 12.3 Å². The van der Waals surface area contributed by atoms with E-state index in [0.29, 0.717) is 6.04 Å². The number of nitrogens with zero attached hydrogens (tertiary/aromatic N) is 1. The fraction of sp³-hybridized carbons (Fsp3) is 0.714. The van der Waals surface area contributed by atoms with E-state index in [2.05, 4.69) is 4.99 Å². The van der Waals surface area contributed by atoms with Crippen LogP contribution in [0.25, 0.3) is 0 Å². The molecule has 0 fully saturated rings. The number of rotatable bonds is 3. The van der Waals surface area contributed by atoms with Crippen molar-refractivity contribution in [2.24, 2.45) is 4.99 Å². The van der Waals surface area contributed by atoms with E-state index in [4.69, 9.17) is 5.41 Å². The molecule has 0 aliphatic heterocycles. The standard InChI is InChI=1S/C7H14N2/c1-4-7(5-8)9-6(2)3/h5-6,8H,4H2,1-3H3. The van der Waals surface area contributed by atoms with Gasteiger partial charge in [0.05, 0.1) is 5.71 Å². The largest absolute Gasteiger partial charge is 0.307 e. The quantitative estimate of drug-likeness (QED) is 0.561. The predicted octanol–water partition coefficient (Wildman–Crippen LogP) is 1.90. The molecule has 0 rings (SSSR count). The monoisotopic (exact) mass is 126 g/mol.